The predicted octanol–water partition coefficient (Wildman–Crippen LogP) is 13.3. The van der Waals surface area contributed by atoms with Gasteiger partial charge in [-0.25, -0.2) is 0 Å². The summed E-state index contributed by atoms with van der Waals surface area (Å²) in [6.07, 6.45) is 51.7. The highest BCUT2D eigenvalue weighted by atomic mass is 16.5. The van der Waals surface area contributed by atoms with Gasteiger partial charge in [-0.1, -0.05) is 191 Å². The quantitative estimate of drug-likeness (QED) is 0.0328. The normalized spacial score (nSPS) is 13.9. The van der Waals surface area contributed by atoms with Crippen LogP contribution in [0.25, 0.3) is 0 Å². The number of rotatable bonds is 40. The molecule has 3 N–H and O–H groups in total. The Labute approximate surface area is 339 Å². The van der Waals surface area contributed by atoms with Crippen LogP contribution < -0.4 is 5.32 Å². The third-order valence-electron chi connectivity index (χ3n) is 10.1. The lowest BCUT2D eigenvalue weighted by atomic mass is 10.0. The van der Waals surface area contributed by atoms with E-state index in [0.717, 1.165) is 70.6 Å². The van der Waals surface area contributed by atoms with Gasteiger partial charge in [-0.3, -0.25) is 9.59 Å². The molecule has 0 radical (unpaired) electrons. The van der Waals surface area contributed by atoms with E-state index in [2.05, 4.69) is 74.7 Å². The molecule has 318 valence electrons. The van der Waals surface area contributed by atoms with Gasteiger partial charge in [0, 0.05) is 6.42 Å². The first-order chi connectivity index (χ1) is 27.0. The van der Waals surface area contributed by atoms with Gasteiger partial charge in [0.15, 0.2) is 0 Å². The molecule has 0 saturated heterocycles. The molecule has 0 aromatic heterocycles. The largest absolute Gasteiger partial charge is 0.458 e. The lowest BCUT2D eigenvalue weighted by molar-refractivity contribution is -0.148. The van der Waals surface area contributed by atoms with Crippen LogP contribution in [0.15, 0.2) is 60.8 Å². The van der Waals surface area contributed by atoms with Gasteiger partial charge >= 0.3 is 5.97 Å². The Bertz CT molecular complexity index is 999. The van der Waals surface area contributed by atoms with Gasteiger partial charge in [0.25, 0.3) is 0 Å². The molecular weight excluding hydrogens is 683 g/mol. The van der Waals surface area contributed by atoms with Crippen LogP contribution in [-0.4, -0.2) is 46.9 Å². The minimum atomic E-state index is -0.811. The molecule has 0 fully saturated rings. The summed E-state index contributed by atoms with van der Waals surface area (Å²) >= 11 is 0. The van der Waals surface area contributed by atoms with E-state index in [4.69, 9.17) is 4.74 Å². The maximum absolute atomic E-state index is 13.1. The summed E-state index contributed by atoms with van der Waals surface area (Å²) in [5.74, 6) is -0.622. The Kier molecular flexibility index (Phi) is 40.8. The fraction of sp³-hybridized carbons (Fsp3) is 0.755. The fourth-order valence-corrected chi connectivity index (χ4v) is 6.58. The molecule has 0 bridgehead atoms. The number of hydrogen-bond acceptors (Lipinski definition) is 5. The van der Waals surface area contributed by atoms with Crippen LogP contribution in [-0.2, 0) is 14.3 Å². The Morgan fingerprint density at radius 1 is 0.564 bits per heavy atom. The Balaban J connectivity index is 4.67. The zero-order valence-corrected chi connectivity index (χ0v) is 36.0. The Hall–Kier alpha value is -2.44. The molecule has 0 heterocycles. The highest BCUT2D eigenvalue weighted by molar-refractivity contribution is 5.78. The summed E-state index contributed by atoms with van der Waals surface area (Å²) in [5.41, 5.74) is 0. The second-order valence-electron chi connectivity index (χ2n) is 15.4. The summed E-state index contributed by atoms with van der Waals surface area (Å²) in [6.45, 7) is 6.29. The van der Waals surface area contributed by atoms with E-state index in [1.165, 1.54) is 96.3 Å². The molecule has 0 rings (SSSR count). The highest BCUT2D eigenvalue weighted by Crippen LogP contribution is 2.15. The van der Waals surface area contributed by atoms with Gasteiger partial charge in [0.05, 0.1) is 25.2 Å². The first-order valence-corrected chi connectivity index (χ1v) is 23.0. The van der Waals surface area contributed by atoms with E-state index in [1.54, 1.807) is 0 Å². The third-order valence-corrected chi connectivity index (χ3v) is 10.1. The SMILES string of the molecule is CC/C=C/C/C=C/C/C=C/CCCCCCCCC(=O)OC(/C=C/C/C=C\CCCCCCCC)CC(=O)NC(CO)C(O)CCCCCCCCCCC. The maximum Gasteiger partial charge on any atom is 0.306 e. The van der Waals surface area contributed by atoms with Gasteiger partial charge < -0.3 is 20.3 Å². The lowest BCUT2D eigenvalue weighted by Crippen LogP contribution is -2.46. The molecule has 0 aliphatic heterocycles. The van der Waals surface area contributed by atoms with Crippen molar-refractivity contribution in [3.8, 4) is 0 Å². The Morgan fingerprint density at radius 2 is 1.02 bits per heavy atom. The lowest BCUT2D eigenvalue weighted by Gasteiger charge is -2.23. The average Bonchev–Trinajstić information content (AvgIpc) is 3.18. The second-order valence-corrected chi connectivity index (χ2v) is 15.4. The molecule has 0 saturated carbocycles. The number of ether oxygens (including phenoxy) is 1. The van der Waals surface area contributed by atoms with Gasteiger partial charge in [-0.15, -0.1) is 0 Å². The van der Waals surface area contributed by atoms with Gasteiger partial charge in [-0.05, 0) is 70.3 Å². The number of esters is 1. The second kappa shape index (κ2) is 42.7. The van der Waals surface area contributed by atoms with Crippen molar-refractivity contribution in [3.63, 3.8) is 0 Å². The number of amides is 1. The molecule has 6 heteroatoms. The summed E-state index contributed by atoms with van der Waals surface area (Å²) < 4.78 is 5.79. The highest BCUT2D eigenvalue weighted by Gasteiger charge is 2.23. The van der Waals surface area contributed by atoms with E-state index >= 15 is 0 Å². The number of aliphatic hydroxyl groups is 2. The molecule has 6 nitrogen and oxygen atoms in total. The van der Waals surface area contributed by atoms with Gasteiger partial charge in [-0.2, -0.15) is 0 Å². The van der Waals surface area contributed by atoms with Crippen LogP contribution in [0.4, 0.5) is 0 Å². The maximum atomic E-state index is 13.1. The third kappa shape index (κ3) is 38.2. The molecule has 3 unspecified atom stereocenters. The number of carbonyl (C=O) groups is 2. The first kappa shape index (κ1) is 52.6. The van der Waals surface area contributed by atoms with Crippen LogP contribution in [0.5, 0.6) is 0 Å². The number of hydrogen-bond donors (Lipinski definition) is 3. The summed E-state index contributed by atoms with van der Waals surface area (Å²) in [4.78, 5) is 25.9. The molecule has 0 aliphatic rings. The molecule has 55 heavy (non-hydrogen) atoms. The minimum Gasteiger partial charge on any atom is -0.458 e. The van der Waals surface area contributed by atoms with Crippen LogP contribution in [0.2, 0.25) is 0 Å². The zero-order chi connectivity index (χ0) is 40.3. The van der Waals surface area contributed by atoms with Crippen molar-refractivity contribution in [2.24, 2.45) is 0 Å². The van der Waals surface area contributed by atoms with Crippen molar-refractivity contribution >= 4 is 11.9 Å². The topological polar surface area (TPSA) is 95.9 Å². The molecule has 0 aromatic rings. The number of allylic oxidation sites excluding steroid dienone is 9. The molecular formula is C49H87NO5. The molecule has 1 amide bonds. The van der Waals surface area contributed by atoms with Gasteiger partial charge in [0.1, 0.15) is 6.10 Å². The fourth-order valence-electron chi connectivity index (χ4n) is 6.58. The van der Waals surface area contributed by atoms with Crippen molar-refractivity contribution in [2.75, 3.05) is 6.61 Å². The molecule has 0 aromatic carbocycles. The van der Waals surface area contributed by atoms with Gasteiger partial charge in [0.2, 0.25) is 5.91 Å². The van der Waals surface area contributed by atoms with Crippen LogP contribution in [0.1, 0.15) is 213 Å². The predicted molar refractivity (Wildman–Crippen MR) is 236 cm³/mol. The van der Waals surface area contributed by atoms with E-state index in [-0.39, 0.29) is 24.9 Å². The Morgan fingerprint density at radius 3 is 1.55 bits per heavy atom. The van der Waals surface area contributed by atoms with Crippen molar-refractivity contribution in [1.29, 1.82) is 0 Å². The van der Waals surface area contributed by atoms with Crippen molar-refractivity contribution in [3.05, 3.63) is 60.8 Å². The molecule has 0 aliphatic carbocycles. The van der Waals surface area contributed by atoms with Crippen molar-refractivity contribution < 1.29 is 24.5 Å². The first-order valence-electron chi connectivity index (χ1n) is 23.0. The van der Waals surface area contributed by atoms with Crippen LogP contribution >= 0.6 is 0 Å². The van der Waals surface area contributed by atoms with Crippen molar-refractivity contribution in [1.82, 2.24) is 5.32 Å². The number of carbonyl (C=O) groups excluding carboxylic acids is 2. The number of nitrogens with one attached hydrogen (secondary N) is 1. The average molecular weight is 770 g/mol. The summed E-state index contributed by atoms with van der Waals surface area (Å²) in [6, 6.07) is -0.733. The van der Waals surface area contributed by atoms with Crippen LogP contribution in [0.3, 0.4) is 0 Å². The van der Waals surface area contributed by atoms with E-state index in [0.29, 0.717) is 19.3 Å². The number of unbranched alkanes of at least 4 members (excludes halogenated alkanes) is 20. The molecule has 0 spiro atoms. The van der Waals surface area contributed by atoms with E-state index < -0.39 is 18.2 Å². The molecule has 3 atom stereocenters. The monoisotopic (exact) mass is 770 g/mol. The standard InChI is InChI=1S/C49H87NO5/c1-4-7-10-13-16-19-21-22-23-24-25-27-30-33-36-39-42-49(54)55-45(40-37-34-31-29-26-20-17-14-11-8-5-2)43-48(53)50-46(44-51)47(52)41-38-35-32-28-18-15-12-9-6-3/h7,10,16,19,22-23,29,31,37,40,45-47,51-52H,4-6,8-9,11-15,17-18,20-21,24-28,30,32-36,38-39,41-44H2,1-3H3,(H,50,53)/b10-7+,19-16+,23-22+,31-29-,40-37+. The zero-order valence-electron chi connectivity index (χ0n) is 36.0. The van der Waals surface area contributed by atoms with Crippen LogP contribution in [0, 0.1) is 0 Å². The smallest absolute Gasteiger partial charge is 0.306 e. The van der Waals surface area contributed by atoms with E-state index in [1.807, 2.05) is 12.2 Å². The van der Waals surface area contributed by atoms with E-state index in [9.17, 15) is 19.8 Å². The summed E-state index contributed by atoms with van der Waals surface area (Å²) in [5, 5.41) is 23.5. The minimum absolute atomic E-state index is 0.0357. The summed E-state index contributed by atoms with van der Waals surface area (Å²) in [7, 11) is 0. The number of aliphatic hydroxyl groups excluding tert-OH is 2. The van der Waals surface area contributed by atoms with Crippen molar-refractivity contribution in [2.45, 2.75) is 232 Å².